The van der Waals surface area contributed by atoms with E-state index in [0.29, 0.717) is 25.5 Å². The number of aliphatic imine (C=N–C) groups is 1. The van der Waals surface area contributed by atoms with Crippen LogP contribution >= 0.6 is 0 Å². The summed E-state index contributed by atoms with van der Waals surface area (Å²) >= 11 is 0. The molecule has 7 heteroatoms. The lowest BCUT2D eigenvalue weighted by Crippen LogP contribution is -2.43. The van der Waals surface area contributed by atoms with Gasteiger partial charge in [-0.2, -0.15) is 0 Å². The van der Waals surface area contributed by atoms with Gasteiger partial charge in [-0.05, 0) is 48.2 Å². The van der Waals surface area contributed by atoms with Crippen molar-refractivity contribution in [1.29, 1.82) is 0 Å². The molecule has 0 aliphatic rings. The van der Waals surface area contributed by atoms with Crippen molar-refractivity contribution in [2.75, 3.05) is 27.2 Å². The number of amides is 1. The van der Waals surface area contributed by atoms with E-state index in [-0.39, 0.29) is 5.82 Å². The molecule has 28 heavy (non-hydrogen) atoms. The third-order valence-corrected chi connectivity index (χ3v) is 4.40. The number of guanidine groups is 1. The van der Waals surface area contributed by atoms with E-state index < -0.39 is 11.8 Å². The Bertz CT molecular complexity index is 776. The summed E-state index contributed by atoms with van der Waals surface area (Å²) < 4.78 is 18.2. The third kappa shape index (κ3) is 6.90. The van der Waals surface area contributed by atoms with E-state index in [1.54, 1.807) is 26.3 Å². The second kappa shape index (κ2) is 10.9. The molecule has 0 spiro atoms. The predicted octanol–water partition coefficient (Wildman–Crippen LogP) is 1.89. The standard InChI is InChI=1S/C21H27FN4O2/c1-24-21(25-12-11-15-5-9-19(28-2)10-6-15)26-14-17(20(23)27)13-16-3-7-18(22)8-4-16/h3-10,17H,11-14H2,1-2H3,(H2,23,27)(H2,24,25,26). The molecule has 1 atom stereocenters. The van der Waals surface area contributed by atoms with Crippen molar-refractivity contribution in [3.8, 4) is 5.75 Å². The number of rotatable bonds is 9. The molecule has 0 aromatic heterocycles. The van der Waals surface area contributed by atoms with Crippen LogP contribution in [0, 0.1) is 11.7 Å². The van der Waals surface area contributed by atoms with Gasteiger partial charge in [-0.15, -0.1) is 0 Å². The quantitative estimate of drug-likeness (QED) is 0.454. The Morgan fingerprint density at radius 3 is 2.32 bits per heavy atom. The fourth-order valence-corrected chi connectivity index (χ4v) is 2.74. The maximum atomic E-state index is 13.0. The van der Waals surface area contributed by atoms with Crippen LogP contribution < -0.4 is 21.1 Å². The first-order valence-electron chi connectivity index (χ1n) is 9.13. The van der Waals surface area contributed by atoms with Gasteiger partial charge in [0.2, 0.25) is 5.91 Å². The van der Waals surface area contributed by atoms with Gasteiger partial charge in [0, 0.05) is 20.1 Å². The first kappa shape index (κ1) is 21.2. The average Bonchev–Trinajstić information content (AvgIpc) is 2.71. The Hall–Kier alpha value is -3.09. The monoisotopic (exact) mass is 386 g/mol. The van der Waals surface area contributed by atoms with Crippen molar-refractivity contribution in [1.82, 2.24) is 10.6 Å². The van der Waals surface area contributed by atoms with Crippen molar-refractivity contribution in [2.45, 2.75) is 12.8 Å². The highest BCUT2D eigenvalue weighted by Gasteiger charge is 2.16. The Morgan fingerprint density at radius 2 is 1.75 bits per heavy atom. The number of primary amides is 1. The Labute approximate surface area is 165 Å². The molecule has 1 unspecified atom stereocenters. The van der Waals surface area contributed by atoms with Crippen molar-refractivity contribution in [3.63, 3.8) is 0 Å². The zero-order valence-corrected chi connectivity index (χ0v) is 16.2. The summed E-state index contributed by atoms with van der Waals surface area (Å²) in [5, 5.41) is 6.35. The molecule has 4 N–H and O–H groups in total. The molecule has 2 aromatic carbocycles. The zero-order chi connectivity index (χ0) is 20.4. The number of hydrogen-bond donors (Lipinski definition) is 3. The molecule has 0 saturated carbocycles. The van der Waals surface area contributed by atoms with Crippen LogP contribution in [0.4, 0.5) is 4.39 Å². The topological polar surface area (TPSA) is 88.7 Å². The molecule has 0 fully saturated rings. The van der Waals surface area contributed by atoms with Crippen LogP contribution in [0.2, 0.25) is 0 Å². The molecule has 0 heterocycles. The molecule has 0 aliphatic heterocycles. The maximum absolute atomic E-state index is 13.0. The van der Waals surface area contributed by atoms with Crippen molar-refractivity contribution in [2.24, 2.45) is 16.6 Å². The minimum absolute atomic E-state index is 0.307. The van der Waals surface area contributed by atoms with Gasteiger partial charge in [-0.3, -0.25) is 9.79 Å². The molecule has 0 bridgehead atoms. The summed E-state index contributed by atoms with van der Waals surface area (Å²) in [4.78, 5) is 15.9. The molecule has 1 amide bonds. The lowest BCUT2D eigenvalue weighted by molar-refractivity contribution is -0.121. The normalized spacial score (nSPS) is 12.3. The number of methoxy groups -OCH3 is 1. The lowest BCUT2D eigenvalue weighted by Gasteiger charge is -2.17. The number of carbonyl (C=O) groups excluding carboxylic acids is 1. The smallest absolute Gasteiger partial charge is 0.222 e. The molecule has 2 rings (SSSR count). The number of carbonyl (C=O) groups is 1. The summed E-state index contributed by atoms with van der Waals surface area (Å²) in [6.07, 6.45) is 1.25. The SMILES string of the molecule is CN=C(NCCc1ccc(OC)cc1)NCC(Cc1ccc(F)cc1)C(N)=O. The van der Waals surface area contributed by atoms with E-state index in [4.69, 9.17) is 10.5 Å². The van der Waals surface area contributed by atoms with Crippen LogP contribution in [-0.2, 0) is 17.6 Å². The van der Waals surface area contributed by atoms with E-state index in [9.17, 15) is 9.18 Å². The second-order valence-electron chi connectivity index (χ2n) is 6.41. The highest BCUT2D eigenvalue weighted by atomic mass is 19.1. The van der Waals surface area contributed by atoms with Gasteiger partial charge in [-0.1, -0.05) is 24.3 Å². The van der Waals surface area contributed by atoms with Gasteiger partial charge in [0.05, 0.1) is 13.0 Å². The van der Waals surface area contributed by atoms with Crippen LogP contribution in [0.5, 0.6) is 5.75 Å². The molecule has 150 valence electrons. The molecular formula is C21H27FN4O2. The largest absolute Gasteiger partial charge is 0.497 e. The number of halogens is 1. The van der Waals surface area contributed by atoms with E-state index in [2.05, 4.69) is 15.6 Å². The van der Waals surface area contributed by atoms with Gasteiger partial charge in [0.25, 0.3) is 0 Å². The number of nitrogens with two attached hydrogens (primary N) is 1. The van der Waals surface area contributed by atoms with Crippen LogP contribution in [0.3, 0.4) is 0 Å². The first-order valence-corrected chi connectivity index (χ1v) is 9.13. The van der Waals surface area contributed by atoms with E-state index in [0.717, 1.165) is 17.7 Å². The average molecular weight is 386 g/mol. The first-order chi connectivity index (χ1) is 13.5. The van der Waals surface area contributed by atoms with Crippen molar-refractivity contribution in [3.05, 3.63) is 65.5 Å². The number of hydrogen-bond acceptors (Lipinski definition) is 3. The summed E-state index contributed by atoms with van der Waals surface area (Å²) in [6.45, 7) is 1.03. The van der Waals surface area contributed by atoms with Crippen LogP contribution in [0.1, 0.15) is 11.1 Å². The van der Waals surface area contributed by atoms with Crippen LogP contribution in [0.15, 0.2) is 53.5 Å². The number of ether oxygens (including phenoxy) is 1. The van der Waals surface area contributed by atoms with Crippen molar-refractivity contribution >= 4 is 11.9 Å². The Morgan fingerprint density at radius 1 is 1.11 bits per heavy atom. The van der Waals surface area contributed by atoms with E-state index in [1.807, 2.05) is 24.3 Å². The number of nitrogens with one attached hydrogen (secondary N) is 2. The van der Waals surface area contributed by atoms with Gasteiger partial charge in [0.15, 0.2) is 5.96 Å². The van der Waals surface area contributed by atoms with Gasteiger partial charge in [0.1, 0.15) is 11.6 Å². The van der Waals surface area contributed by atoms with Gasteiger partial charge < -0.3 is 21.1 Å². The minimum atomic E-state index is -0.425. The van der Waals surface area contributed by atoms with E-state index in [1.165, 1.54) is 17.7 Å². The molecule has 0 radical (unpaired) electrons. The summed E-state index contributed by atoms with van der Waals surface area (Å²) in [6, 6.07) is 14.0. The highest BCUT2D eigenvalue weighted by molar-refractivity contribution is 5.81. The van der Waals surface area contributed by atoms with Gasteiger partial charge in [-0.25, -0.2) is 4.39 Å². The predicted molar refractivity (Wildman–Crippen MR) is 109 cm³/mol. The second-order valence-corrected chi connectivity index (χ2v) is 6.41. The summed E-state index contributed by atoms with van der Waals surface area (Å²) in [5.41, 5.74) is 7.55. The third-order valence-electron chi connectivity index (χ3n) is 4.40. The fourth-order valence-electron chi connectivity index (χ4n) is 2.74. The molecule has 2 aromatic rings. The van der Waals surface area contributed by atoms with Crippen LogP contribution in [-0.4, -0.2) is 39.1 Å². The number of benzene rings is 2. The minimum Gasteiger partial charge on any atom is -0.497 e. The van der Waals surface area contributed by atoms with Gasteiger partial charge >= 0.3 is 0 Å². The Kier molecular flexibility index (Phi) is 8.27. The molecule has 0 saturated heterocycles. The van der Waals surface area contributed by atoms with E-state index >= 15 is 0 Å². The highest BCUT2D eigenvalue weighted by Crippen LogP contribution is 2.11. The number of nitrogens with zero attached hydrogens (tertiary/aromatic N) is 1. The maximum Gasteiger partial charge on any atom is 0.222 e. The fraction of sp³-hybridized carbons (Fsp3) is 0.333. The summed E-state index contributed by atoms with van der Waals surface area (Å²) in [5.74, 6) is 0.279. The zero-order valence-electron chi connectivity index (χ0n) is 16.2. The Balaban J connectivity index is 1.81. The summed E-state index contributed by atoms with van der Waals surface area (Å²) in [7, 11) is 3.31. The van der Waals surface area contributed by atoms with Crippen molar-refractivity contribution < 1.29 is 13.9 Å². The van der Waals surface area contributed by atoms with Crippen LogP contribution in [0.25, 0.3) is 0 Å². The molecule has 6 nitrogen and oxygen atoms in total. The lowest BCUT2D eigenvalue weighted by atomic mass is 9.98. The molecule has 0 aliphatic carbocycles. The molecular weight excluding hydrogens is 359 g/mol.